The number of esters is 1. The average Bonchev–Trinajstić information content (AvgIpc) is 2.87. The second-order valence-electron chi connectivity index (χ2n) is 8.46. The Labute approximate surface area is 213 Å². The van der Waals surface area contributed by atoms with Crippen molar-refractivity contribution in [2.75, 3.05) is 12.4 Å². The van der Waals surface area contributed by atoms with Crippen molar-refractivity contribution >= 4 is 46.1 Å². The number of carbonyl (C=O) groups excluding carboxylic acids is 2. The number of rotatable bonds is 8. The molecule has 0 radical (unpaired) electrons. The number of nitrogens with one attached hydrogen (secondary N) is 1. The van der Waals surface area contributed by atoms with Crippen LogP contribution in [0.1, 0.15) is 61.0 Å². The highest BCUT2D eigenvalue weighted by atomic mass is 35.5. The van der Waals surface area contributed by atoms with Crippen LogP contribution >= 0.6 is 23.4 Å². The number of thioether (sulfide) groups is 1. The second-order valence-corrected chi connectivity index (χ2v) is 9.81. The smallest absolute Gasteiger partial charge is 0.316 e. The Morgan fingerprint density at radius 3 is 2.69 bits per heavy atom. The van der Waals surface area contributed by atoms with Crippen LogP contribution < -0.4 is 10.9 Å². The fraction of sp³-hybridized carbons (Fsp3) is 0.385. The van der Waals surface area contributed by atoms with Crippen LogP contribution in [0.4, 0.5) is 0 Å². The molecule has 1 aromatic heterocycles. The number of hydrogen-bond acceptors (Lipinski definition) is 6. The van der Waals surface area contributed by atoms with Gasteiger partial charge in [0.15, 0.2) is 5.16 Å². The van der Waals surface area contributed by atoms with Gasteiger partial charge in [0.25, 0.3) is 11.5 Å². The summed E-state index contributed by atoms with van der Waals surface area (Å²) in [5.74, 6) is -0.572. The minimum Gasteiger partial charge on any atom is -0.465 e. The third-order valence-corrected chi connectivity index (χ3v) is 7.39. The fourth-order valence-corrected chi connectivity index (χ4v) is 5.40. The van der Waals surface area contributed by atoms with E-state index in [1.54, 1.807) is 35.8 Å². The molecule has 0 saturated heterocycles. The first-order valence-electron chi connectivity index (χ1n) is 11.8. The van der Waals surface area contributed by atoms with Gasteiger partial charge in [-0.15, -0.1) is 0 Å². The molecule has 7 nitrogen and oxygen atoms in total. The quantitative estimate of drug-likeness (QED) is 0.255. The van der Waals surface area contributed by atoms with Crippen LogP contribution in [0.25, 0.3) is 10.9 Å². The normalized spacial score (nSPS) is 14.1. The lowest BCUT2D eigenvalue weighted by molar-refractivity contribution is -0.139. The van der Waals surface area contributed by atoms with E-state index in [-0.39, 0.29) is 35.8 Å². The molecule has 35 heavy (non-hydrogen) atoms. The Morgan fingerprint density at radius 1 is 1.17 bits per heavy atom. The van der Waals surface area contributed by atoms with E-state index in [1.807, 2.05) is 18.2 Å². The van der Waals surface area contributed by atoms with Crippen molar-refractivity contribution in [3.63, 3.8) is 0 Å². The van der Waals surface area contributed by atoms with Gasteiger partial charge in [0.05, 0.1) is 23.3 Å². The molecule has 1 saturated carbocycles. The average molecular weight is 514 g/mol. The molecule has 1 N–H and O–H groups in total. The summed E-state index contributed by atoms with van der Waals surface area (Å²) in [6.07, 6.45) is 5.08. The van der Waals surface area contributed by atoms with Crippen molar-refractivity contribution in [1.82, 2.24) is 14.9 Å². The fourth-order valence-electron chi connectivity index (χ4n) is 4.33. The summed E-state index contributed by atoms with van der Waals surface area (Å²) < 4.78 is 6.79. The molecule has 0 bridgehead atoms. The van der Waals surface area contributed by atoms with Crippen LogP contribution in [-0.2, 0) is 16.1 Å². The molecule has 2 aromatic carbocycles. The highest BCUT2D eigenvalue weighted by Crippen LogP contribution is 2.31. The Hall–Kier alpha value is -2.84. The first-order valence-corrected chi connectivity index (χ1v) is 13.2. The van der Waals surface area contributed by atoms with Gasteiger partial charge in [-0.3, -0.25) is 19.0 Å². The van der Waals surface area contributed by atoms with E-state index in [2.05, 4.69) is 5.32 Å². The first-order chi connectivity index (χ1) is 17.0. The SMILES string of the molecule is CCOC(=O)CSc1nc2cc(C(=O)NCc3ccccc3Cl)ccc2c(=O)n1C1CCCCC1. The zero-order valence-electron chi connectivity index (χ0n) is 19.6. The zero-order valence-corrected chi connectivity index (χ0v) is 21.2. The largest absolute Gasteiger partial charge is 0.465 e. The number of fused-ring (bicyclic) bond motifs is 1. The van der Waals surface area contributed by atoms with E-state index >= 15 is 0 Å². The molecule has 1 aliphatic carbocycles. The van der Waals surface area contributed by atoms with E-state index < -0.39 is 0 Å². The van der Waals surface area contributed by atoms with Crippen LogP contribution in [0.15, 0.2) is 52.4 Å². The third-order valence-electron chi connectivity index (χ3n) is 6.09. The lowest BCUT2D eigenvalue weighted by Gasteiger charge is -2.26. The second kappa shape index (κ2) is 11.7. The predicted molar refractivity (Wildman–Crippen MR) is 138 cm³/mol. The van der Waals surface area contributed by atoms with Crippen LogP contribution in [0.2, 0.25) is 5.02 Å². The number of benzene rings is 2. The van der Waals surface area contributed by atoms with Gasteiger partial charge >= 0.3 is 5.97 Å². The Morgan fingerprint density at radius 2 is 1.94 bits per heavy atom. The molecule has 184 valence electrons. The summed E-state index contributed by atoms with van der Waals surface area (Å²) in [6.45, 7) is 2.34. The summed E-state index contributed by atoms with van der Waals surface area (Å²) in [5.41, 5.74) is 1.50. The zero-order chi connectivity index (χ0) is 24.8. The van der Waals surface area contributed by atoms with Gasteiger partial charge in [-0.1, -0.05) is 60.8 Å². The molecular weight excluding hydrogens is 486 g/mol. The van der Waals surface area contributed by atoms with Crippen molar-refractivity contribution in [2.24, 2.45) is 0 Å². The minimum absolute atomic E-state index is 0.0523. The van der Waals surface area contributed by atoms with Crippen molar-refractivity contribution in [2.45, 2.75) is 56.8 Å². The van der Waals surface area contributed by atoms with Crippen molar-refractivity contribution in [1.29, 1.82) is 0 Å². The molecule has 1 amide bonds. The van der Waals surface area contributed by atoms with Crippen LogP contribution in [-0.4, -0.2) is 33.8 Å². The maximum Gasteiger partial charge on any atom is 0.316 e. The van der Waals surface area contributed by atoms with Gasteiger partial charge in [-0.05, 0) is 49.6 Å². The van der Waals surface area contributed by atoms with E-state index in [0.29, 0.717) is 33.3 Å². The highest BCUT2D eigenvalue weighted by molar-refractivity contribution is 7.99. The first kappa shape index (κ1) is 25.3. The number of aromatic nitrogens is 2. The molecule has 0 unspecified atom stereocenters. The maximum absolute atomic E-state index is 13.5. The van der Waals surface area contributed by atoms with Gasteiger partial charge in [0, 0.05) is 23.2 Å². The van der Waals surface area contributed by atoms with Gasteiger partial charge in [0.2, 0.25) is 0 Å². The van der Waals surface area contributed by atoms with E-state index in [9.17, 15) is 14.4 Å². The van der Waals surface area contributed by atoms with Crippen molar-refractivity contribution < 1.29 is 14.3 Å². The van der Waals surface area contributed by atoms with Crippen LogP contribution in [0.5, 0.6) is 0 Å². The third kappa shape index (κ3) is 6.05. The molecule has 1 aliphatic rings. The Bertz CT molecular complexity index is 1290. The Kier molecular flexibility index (Phi) is 8.46. The molecular formula is C26H28ClN3O4S. The predicted octanol–water partition coefficient (Wildman–Crippen LogP) is 5.14. The maximum atomic E-state index is 13.5. The number of nitrogens with zero attached hydrogens (tertiary/aromatic N) is 2. The standard InChI is InChI=1S/C26H28ClN3O4S/c1-2-34-23(31)16-35-26-29-22-14-17(24(32)28-15-18-8-6-7-11-21(18)27)12-13-20(22)25(33)30(26)19-9-4-3-5-10-19/h6-8,11-14,19H,2-5,9-10,15-16H2,1H3,(H,28,32). The lowest BCUT2D eigenvalue weighted by atomic mass is 9.95. The highest BCUT2D eigenvalue weighted by Gasteiger charge is 2.23. The summed E-state index contributed by atoms with van der Waals surface area (Å²) >= 11 is 7.39. The summed E-state index contributed by atoms with van der Waals surface area (Å²) in [7, 11) is 0. The summed E-state index contributed by atoms with van der Waals surface area (Å²) in [4.78, 5) is 43.1. The molecule has 1 fully saturated rings. The monoisotopic (exact) mass is 513 g/mol. The van der Waals surface area contributed by atoms with Gasteiger partial charge in [-0.25, -0.2) is 4.98 Å². The van der Waals surface area contributed by atoms with Gasteiger partial charge < -0.3 is 10.1 Å². The number of hydrogen-bond donors (Lipinski definition) is 1. The van der Waals surface area contributed by atoms with E-state index in [0.717, 1.165) is 37.7 Å². The lowest BCUT2D eigenvalue weighted by Crippen LogP contribution is -2.29. The molecule has 0 atom stereocenters. The van der Waals surface area contributed by atoms with E-state index in [4.69, 9.17) is 21.3 Å². The molecule has 3 aromatic rings. The molecule has 1 heterocycles. The van der Waals surface area contributed by atoms with Crippen molar-refractivity contribution in [3.05, 3.63) is 69.0 Å². The number of amides is 1. The number of ether oxygens (including phenoxy) is 1. The van der Waals surface area contributed by atoms with Gasteiger partial charge in [-0.2, -0.15) is 0 Å². The number of halogens is 1. The molecule has 0 spiro atoms. The summed E-state index contributed by atoms with van der Waals surface area (Å²) in [6, 6.07) is 12.3. The summed E-state index contributed by atoms with van der Waals surface area (Å²) in [5, 5.41) is 4.39. The van der Waals surface area contributed by atoms with E-state index in [1.165, 1.54) is 11.8 Å². The molecule has 9 heteroatoms. The van der Waals surface area contributed by atoms with Crippen molar-refractivity contribution in [3.8, 4) is 0 Å². The number of carbonyl (C=O) groups is 2. The van der Waals surface area contributed by atoms with Gasteiger partial charge in [0.1, 0.15) is 0 Å². The molecule has 0 aliphatic heterocycles. The Balaban J connectivity index is 1.64. The topological polar surface area (TPSA) is 90.3 Å². The molecule has 4 rings (SSSR count). The van der Waals surface area contributed by atoms with Crippen LogP contribution in [0, 0.1) is 0 Å². The minimum atomic E-state index is -0.352. The van der Waals surface area contributed by atoms with Crippen LogP contribution in [0.3, 0.4) is 0 Å².